The first-order valence-electron chi connectivity index (χ1n) is 7.81. The molecular formula is C18H18BrN3O2S. The van der Waals surface area contributed by atoms with Crippen molar-refractivity contribution in [1.82, 2.24) is 14.8 Å². The highest BCUT2D eigenvalue weighted by Crippen LogP contribution is 2.29. The van der Waals surface area contributed by atoms with Gasteiger partial charge in [0.15, 0.2) is 5.16 Å². The van der Waals surface area contributed by atoms with Gasteiger partial charge in [-0.05, 0) is 30.2 Å². The lowest BCUT2D eigenvalue weighted by molar-refractivity contribution is 0.411. The third kappa shape index (κ3) is 4.55. The lowest BCUT2D eigenvalue weighted by Gasteiger charge is -2.09. The van der Waals surface area contributed by atoms with Crippen molar-refractivity contribution < 1.29 is 4.74 Å². The smallest absolute Gasteiger partial charge is 0.343 e. The van der Waals surface area contributed by atoms with Crippen LogP contribution in [-0.2, 0) is 18.7 Å². The molecule has 25 heavy (non-hydrogen) atoms. The number of methoxy groups -OCH3 is 1. The quantitative estimate of drug-likeness (QED) is 0.590. The van der Waals surface area contributed by atoms with Crippen LogP contribution < -0.4 is 10.4 Å². The first kappa shape index (κ1) is 17.8. The molecule has 1 N–H and O–H groups in total. The molecule has 3 rings (SSSR count). The van der Waals surface area contributed by atoms with Gasteiger partial charge in [-0.3, -0.25) is 4.57 Å². The molecular weight excluding hydrogens is 402 g/mol. The molecule has 0 aliphatic heterocycles. The molecule has 0 atom stereocenters. The second-order valence-electron chi connectivity index (χ2n) is 5.44. The molecule has 0 saturated carbocycles. The largest absolute Gasteiger partial charge is 0.496 e. The third-order valence-corrected chi connectivity index (χ3v) is 5.31. The minimum atomic E-state index is -0.181. The molecule has 1 heterocycles. The van der Waals surface area contributed by atoms with Crippen molar-refractivity contribution >= 4 is 27.7 Å². The van der Waals surface area contributed by atoms with Crippen molar-refractivity contribution in [2.75, 3.05) is 7.11 Å². The molecule has 0 spiro atoms. The molecule has 0 aliphatic rings. The Morgan fingerprint density at radius 2 is 2.04 bits per heavy atom. The summed E-state index contributed by atoms with van der Waals surface area (Å²) in [6.45, 7) is 0.595. The zero-order chi connectivity index (χ0) is 17.6. The first-order valence-corrected chi connectivity index (χ1v) is 9.59. The predicted octanol–water partition coefficient (Wildman–Crippen LogP) is 3.88. The van der Waals surface area contributed by atoms with Crippen LogP contribution in [0.1, 0.15) is 11.1 Å². The van der Waals surface area contributed by atoms with E-state index in [4.69, 9.17) is 4.74 Å². The van der Waals surface area contributed by atoms with Crippen molar-refractivity contribution in [2.24, 2.45) is 0 Å². The van der Waals surface area contributed by atoms with E-state index in [1.54, 1.807) is 11.7 Å². The highest BCUT2D eigenvalue weighted by atomic mass is 79.9. The Morgan fingerprint density at radius 1 is 1.24 bits per heavy atom. The fourth-order valence-corrected chi connectivity index (χ4v) is 3.86. The average molecular weight is 420 g/mol. The Bertz CT molecular complexity index is 893. The van der Waals surface area contributed by atoms with Gasteiger partial charge in [0.05, 0.1) is 7.11 Å². The Morgan fingerprint density at radius 3 is 2.80 bits per heavy atom. The number of halogens is 1. The molecule has 0 amide bonds. The third-order valence-electron chi connectivity index (χ3n) is 3.79. The number of ether oxygens (including phenoxy) is 1. The second-order valence-corrected chi connectivity index (χ2v) is 7.30. The van der Waals surface area contributed by atoms with Crippen molar-refractivity contribution in [3.05, 3.63) is 74.6 Å². The minimum Gasteiger partial charge on any atom is -0.496 e. The van der Waals surface area contributed by atoms with Crippen LogP contribution in [0.2, 0.25) is 0 Å². The van der Waals surface area contributed by atoms with Crippen LogP contribution in [-0.4, -0.2) is 21.9 Å². The SMILES string of the molecule is COc1ccc(Br)cc1CSc1n[nH]c(=O)n1CCc1ccccc1. The van der Waals surface area contributed by atoms with E-state index >= 15 is 0 Å². The zero-order valence-electron chi connectivity index (χ0n) is 13.7. The Labute approximate surface area is 158 Å². The van der Waals surface area contributed by atoms with Gasteiger partial charge in [0.25, 0.3) is 0 Å². The van der Waals surface area contributed by atoms with E-state index in [2.05, 4.69) is 38.3 Å². The summed E-state index contributed by atoms with van der Waals surface area (Å²) in [5, 5.41) is 7.39. The monoisotopic (exact) mass is 419 g/mol. The van der Waals surface area contributed by atoms with E-state index in [0.29, 0.717) is 17.5 Å². The normalized spacial score (nSPS) is 10.8. The van der Waals surface area contributed by atoms with Crippen LogP contribution in [0.5, 0.6) is 5.75 Å². The van der Waals surface area contributed by atoms with Gasteiger partial charge in [0.2, 0.25) is 0 Å². The highest BCUT2D eigenvalue weighted by molar-refractivity contribution is 9.10. The van der Waals surface area contributed by atoms with E-state index in [1.807, 2.05) is 36.4 Å². The summed E-state index contributed by atoms with van der Waals surface area (Å²) in [5.74, 6) is 1.49. The topological polar surface area (TPSA) is 59.9 Å². The van der Waals surface area contributed by atoms with Crippen molar-refractivity contribution in [3.8, 4) is 5.75 Å². The molecule has 0 saturated heterocycles. The fourth-order valence-electron chi connectivity index (χ4n) is 2.50. The summed E-state index contributed by atoms with van der Waals surface area (Å²) in [7, 11) is 1.65. The number of nitrogens with one attached hydrogen (secondary N) is 1. The number of rotatable bonds is 7. The van der Waals surface area contributed by atoms with Gasteiger partial charge in [-0.2, -0.15) is 0 Å². The summed E-state index contributed by atoms with van der Waals surface area (Å²) in [4.78, 5) is 12.0. The Balaban J connectivity index is 1.71. The van der Waals surface area contributed by atoms with Gasteiger partial charge < -0.3 is 4.74 Å². The molecule has 0 fully saturated rings. The summed E-state index contributed by atoms with van der Waals surface area (Å²) in [6.07, 6.45) is 0.786. The van der Waals surface area contributed by atoms with Crippen LogP contribution in [0.3, 0.4) is 0 Å². The molecule has 0 bridgehead atoms. The number of hydrogen-bond acceptors (Lipinski definition) is 4. The van der Waals surface area contributed by atoms with Gasteiger partial charge in [0, 0.05) is 22.3 Å². The van der Waals surface area contributed by atoms with Crippen molar-refractivity contribution in [1.29, 1.82) is 0 Å². The lowest BCUT2D eigenvalue weighted by Crippen LogP contribution is -2.18. The van der Waals surface area contributed by atoms with Gasteiger partial charge in [-0.25, -0.2) is 9.89 Å². The van der Waals surface area contributed by atoms with E-state index in [9.17, 15) is 4.79 Å². The number of aryl methyl sites for hydroxylation is 1. The number of aromatic nitrogens is 3. The molecule has 1 aromatic heterocycles. The lowest BCUT2D eigenvalue weighted by atomic mass is 10.1. The number of nitrogens with zero attached hydrogens (tertiary/aromatic N) is 2. The Hall–Kier alpha value is -1.99. The van der Waals surface area contributed by atoms with E-state index in [-0.39, 0.29) is 5.69 Å². The Kier molecular flexibility index (Phi) is 5.99. The summed E-state index contributed by atoms with van der Waals surface area (Å²) < 4.78 is 8.07. The number of H-pyrrole nitrogens is 1. The molecule has 0 radical (unpaired) electrons. The number of hydrogen-bond donors (Lipinski definition) is 1. The summed E-state index contributed by atoms with van der Waals surface area (Å²) >= 11 is 4.99. The van der Waals surface area contributed by atoms with Gasteiger partial charge >= 0.3 is 5.69 Å². The first-order chi connectivity index (χ1) is 12.2. The zero-order valence-corrected chi connectivity index (χ0v) is 16.1. The van der Waals surface area contributed by atoms with Crippen LogP contribution >= 0.6 is 27.7 Å². The van der Waals surface area contributed by atoms with Gasteiger partial charge in [0.1, 0.15) is 5.75 Å². The second kappa shape index (κ2) is 8.40. The maximum absolute atomic E-state index is 12.0. The standard InChI is InChI=1S/C18H18BrN3O2S/c1-24-16-8-7-15(19)11-14(16)12-25-18-21-20-17(23)22(18)10-9-13-5-3-2-4-6-13/h2-8,11H,9-10,12H2,1H3,(H,20,23). The van der Waals surface area contributed by atoms with Gasteiger partial charge in [-0.15, -0.1) is 5.10 Å². The fraction of sp³-hybridized carbons (Fsp3) is 0.222. The average Bonchev–Trinajstić information content (AvgIpc) is 2.99. The molecule has 2 aromatic carbocycles. The highest BCUT2D eigenvalue weighted by Gasteiger charge is 2.11. The van der Waals surface area contributed by atoms with E-state index < -0.39 is 0 Å². The molecule has 7 heteroatoms. The van der Waals surface area contributed by atoms with E-state index in [1.165, 1.54) is 17.3 Å². The maximum Gasteiger partial charge on any atom is 0.343 e. The predicted molar refractivity (Wildman–Crippen MR) is 103 cm³/mol. The van der Waals surface area contributed by atoms with Crippen LogP contribution in [0, 0.1) is 0 Å². The van der Waals surface area contributed by atoms with Crippen LogP contribution in [0.15, 0.2) is 63.0 Å². The van der Waals surface area contributed by atoms with Crippen LogP contribution in [0.4, 0.5) is 0 Å². The number of aromatic amines is 1. The van der Waals surface area contributed by atoms with Crippen LogP contribution in [0.25, 0.3) is 0 Å². The maximum atomic E-state index is 12.0. The minimum absolute atomic E-state index is 0.181. The molecule has 5 nitrogen and oxygen atoms in total. The summed E-state index contributed by atoms with van der Waals surface area (Å²) in [5.41, 5.74) is 2.06. The molecule has 130 valence electrons. The number of thioether (sulfide) groups is 1. The molecule has 3 aromatic rings. The molecule has 0 unspecified atom stereocenters. The number of benzene rings is 2. The summed E-state index contributed by atoms with van der Waals surface area (Å²) in [6, 6.07) is 16.0. The van der Waals surface area contributed by atoms with Gasteiger partial charge in [-0.1, -0.05) is 58.0 Å². The van der Waals surface area contributed by atoms with E-state index in [0.717, 1.165) is 22.2 Å². The van der Waals surface area contributed by atoms with Crippen molar-refractivity contribution in [3.63, 3.8) is 0 Å². The van der Waals surface area contributed by atoms with Crippen molar-refractivity contribution in [2.45, 2.75) is 23.9 Å². The molecule has 0 aliphatic carbocycles.